The molecule has 0 aliphatic heterocycles. The fraction of sp³-hybridized carbons (Fsp3) is 0.455. The van der Waals surface area contributed by atoms with Crippen molar-refractivity contribution in [2.45, 2.75) is 6.42 Å². The van der Waals surface area contributed by atoms with Crippen LogP contribution in [0.3, 0.4) is 0 Å². The van der Waals surface area contributed by atoms with E-state index in [1.165, 1.54) is 5.56 Å². The molecule has 0 aliphatic carbocycles. The zero-order valence-electron chi connectivity index (χ0n) is 8.94. The number of benzene rings is 1. The molecule has 0 radical (unpaired) electrons. The lowest BCUT2D eigenvalue weighted by atomic mass is 10.1. The largest absolute Gasteiger partial charge is 0.493 e. The van der Waals surface area contributed by atoms with E-state index in [4.69, 9.17) is 10.5 Å². The zero-order chi connectivity index (χ0) is 11.1. The van der Waals surface area contributed by atoms with Crippen molar-refractivity contribution in [2.75, 3.05) is 25.2 Å². The Morgan fingerprint density at radius 3 is 2.53 bits per heavy atom. The second-order valence-electron chi connectivity index (χ2n) is 3.31. The molecule has 1 aromatic carbocycles. The van der Waals surface area contributed by atoms with Crippen molar-refractivity contribution < 1.29 is 8.95 Å². The van der Waals surface area contributed by atoms with Crippen LogP contribution in [0.25, 0.3) is 0 Å². The molecule has 1 aromatic rings. The first-order chi connectivity index (χ1) is 7.22. The monoisotopic (exact) mass is 227 g/mol. The van der Waals surface area contributed by atoms with Crippen LogP contribution in [0.5, 0.6) is 5.75 Å². The minimum absolute atomic E-state index is 0.499. The fourth-order valence-electron chi connectivity index (χ4n) is 1.20. The number of hydrogen-bond acceptors (Lipinski definition) is 3. The first-order valence-electron chi connectivity index (χ1n) is 4.94. The van der Waals surface area contributed by atoms with Gasteiger partial charge in [-0.1, -0.05) is 12.1 Å². The van der Waals surface area contributed by atoms with Gasteiger partial charge in [-0.2, -0.15) is 0 Å². The molecule has 0 aliphatic rings. The highest BCUT2D eigenvalue weighted by Crippen LogP contribution is 2.12. The van der Waals surface area contributed by atoms with Gasteiger partial charge >= 0.3 is 0 Å². The molecule has 4 heteroatoms. The Hall–Kier alpha value is -0.870. The Balaban J connectivity index is 2.39. The van der Waals surface area contributed by atoms with Crippen LogP contribution >= 0.6 is 0 Å². The third-order valence-corrected chi connectivity index (χ3v) is 2.74. The summed E-state index contributed by atoms with van der Waals surface area (Å²) in [6.07, 6.45) is 2.56. The van der Waals surface area contributed by atoms with Gasteiger partial charge in [0.15, 0.2) is 0 Å². The van der Waals surface area contributed by atoms with E-state index < -0.39 is 10.8 Å². The molecule has 0 fully saturated rings. The molecule has 1 rings (SSSR count). The van der Waals surface area contributed by atoms with E-state index in [9.17, 15) is 4.21 Å². The maximum absolute atomic E-state index is 10.8. The van der Waals surface area contributed by atoms with E-state index in [-0.39, 0.29) is 0 Å². The van der Waals surface area contributed by atoms with Crippen LogP contribution in [0.1, 0.15) is 5.56 Å². The number of rotatable bonds is 6. The van der Waals surface area contributed by atoms with Crippen molar-refractivity contribution in [3.63, 3.8) is 0 Å². The maximum atomic E-state index is 10.8. The summed E-state index contributed by atoms with van der Waals surface area (Å²) in [7, 11) is -0.788. The Morgan fingerprint density at radius 1 is 1.33 bits per heavy atom. The predicted octanol–water partition coefficient (Wildman–Crippen LogP) is 0.945. The SMILES string of the molecule is CS(=O)CCOc1ccc(CCN)cc1. The van der Waals surface area contributed by atoms with Gasteiger partial charge < -0.3 is 10.5 Å². The molecule has 2 N–H and O–H groups in total. The minimum Gasteiger partial charge on any atom is -0.493 e. The summed E-state index contributed by atoms with van der Waals surface area (Å²) in [5.74, 6) is 1.39. The third-order valence-electron chi connectivity index (χ3n) is 2.00. The highest BCUT2D eigenvalue weighted by molar-refractivity contribution is 7.84. The highest BCUT2D eigenvalue weighted by Gasteiger charge is 1.96. The van der Waals surface area contributed by atoms with Gasteiger partial charge in [0.05, 0.1) is 12.4 Å². The van der Waals surface area contributed by atoms with E-state index >= 15 is 0 Å². The molecule has 3 nitrogen and oxygen atoms in total. The molecule has 15 heavy (non-hydrogen) atoms. The topological polar surface area (TPSA) is 52.3 Å². The van der Waals surface area contributed by atoms with Gasteiger partial charge in [0.1, 0.15) is 5.75 Å². The van der Waals surface area contributed by atoms with E-state index in [0.29, 0.717) is 18.9 Å². The second kappa shape index (κ2) is 6.58. The summed E-state index contributed by atoms with van der Waals surface area (Å²) >= 11 is 0. The summed E-state index contributed by atoms with van der Waals surface area (Å²) in [6.45, 7) is 1.16. The molecule has 0 spiro atoms. The Kier molecular flexibility index (Phi) is 5.36. The second-order valence-corrected chi connectivity index (χ2v) is 4.86. The Bertz CT molecular complexity index is 311. The summed E-state index contributed by atoms with van der Waals surface area (Å²) in [4.78, 5) is 0. The number of hydrogen-bond donors (Lipinski definition) is 1. The molecular formula is C11H17NO2S. The fourth-order valence-corrected chi connectivity index (χ4v) is 1.51. The van der Waals surface area contributed by atoms with Crippen molar-refractivity contribution in [1.82, 2.24) is 0 Å². The summed E-state index contributed by atoms with van der Waals surface area (Å²) in [5, 5.41) is 0. The standard InChI is InChI=1S/C11H17NO2S/c1-15(13)9-8-14-11-4-2-10(3-5-11)6-7-12/h2-5H,6-9,12H2,1H3. The number of nitrogens with two attached hydrogens (primary N) is 1. The Morgan fingerprint density at radius 2 is 2.00 bits per heavy atom. The predicted molar refractivity (Wildman–Crippen MR) is 63.6 cm³/mol. The molecule has 0 saturated carbocycles. The lowest BCUT2D eigenvalue weighted by Crippen LogP contribution is -2.07. The summed E-state index contributed by atoms with van der Waals surface area (Å²) in [6, 6.07) is 7.85. The number of ether oxygens (including phenoxy) is 1. The van der Waals surface area contributed by atoms with Gasteiger partial charge in [0, 0.05) is 17.1 Å². The van der Waals surface area contributed by atoms with Gasteiger partial charge in [-0.05, 0) is 30.7 Å². The molecule has 1 atom stereocenters. The Labute approximate surface area is 93.1 Å². The van der Waals surface area contributed by atoms with Crippen LogP contribution in [-0.4, -0.2) is 29.4 Å². The van der Waals surface area contributed by atoms with Crippen LogP contribution in [0.4, 0.5) is 0 Å². The summed E-state index contributed by atoms with van der Waals surface area (Å²) < 4.78 is 16.2. The van der Waals surface area contributed by atoms with E-state index in [2.05, 4.69) is 0 Å². The lowest BCUT2D eigenvalue weighted by molar-refractivity contribution is 0.342. The zero-order valence-corrected chi connectivity index (χ0v) is 9.76. The molecule has 0 bridgehead atoms. The molecule has 0 saturated heterocycles. The van der Waals surface area contributed by atoms with Gasteiger partial charge in [0.25, 0.3) is 0 Å². The molecule has 0 heterocycles. The van der Waals surface area contributed by atoms with Crippen molar-refractivity contribution in [3.8, 4) is 5.75 Å². The van der Waals surface area contributed by atoms with Gasteiger partial charge in [0.2, 0.25) is 0 Å². The van der Waals surface area contributed by atoms with Crippen molar-refractivity contribution in [1.29, 1.82) is 0 Å². The average molecular weight is 227 g/mol. The summed E-state index contributed by atoms with van der Waals surface area (Å²) in [5.41, 5.74) is 6.66. The van der Waals surface area contributed by atoms with Gasteiger partial charge in [-0.25, -0.2) is 0 Å². The molecule has 1 unspecified atom stereocenters. The molecular weight excluding hydrogens is 210 g/mol. The highest BCUT2D eigenvalue weighted by atomic mass is 32.2. The maximum Gasteiger partial charge on any atom is 0.119 e. The molecule has 0 aromatic heterocycles. The molecule has 84 valence electrons. The van der Waals surface area contributed by atoms with Crippen molar-refractivity contribution in [2.24, 2.45) is 5.73 Å². The van der Waals surface area contributed by atoms with E-state index in [0.717, 1.165) is 12.2 Å². The normalized spacial score (nSPS) is 12.4. The van der Waals surface area contributed by atoms with Crippen LogP contribution < -0.4 is 10.5 Å². The average Bonchev–Trinajstić information content (AvgIpc) is 2.20. The smallest absolute Gasteiger partial charge is 0.119 e. The van der Waals surface area contributed by atoms with Crippen LogP contribution in [0.2, 0.25) is 0 Å². The van der Waals surface area contributed by atoms with Crippen LogP contribution in [-0.2, 0) is 17.2 Å². The quantitative estimate of drug-likeness (QED) is 0.787. The van der Waals surface area contributed by atoms with E-state index in [1.54, 1.807) is 6.26 Å². The van der Waals surface area contributed by atoms with Crippen molar-refractivity contribution >= 4 is 10.8 Å². The first-order valence-corrected chi connectivity index (χ1v) is 6.67. The third kappa shape index (κ3) is 4.95. The van der Waals surface area contributed by atoms with E-state index in [1.807, 2.05) is 24.3 Å². The van der Waals surface area contributed by atoms with Gasteiger partial charge in [-0.15, -0.1) is 0 Å². The lowest BCUT2D eigenvalue weighted by Gasteiger charge is -2.05. The van der Waals surface area contributed by atoms with Crippen LogP contribution in [0.15, 0.2) is 24.3 Å². The first kappa shape index (κ1) is 12.2. The minimum atomic E-state index is -0.788. The molecule has 0 amide bonds. The van der Waals surface area contributed by atoms with Crippen molar-refractivity contribution in [3.05, 3.63) is 29.8 Å². The van der Waals surface area contributed by atoms with Gasteiger partial charge in [-0.3, -0.25) is 4.21 Å². The van der Waals surface area contributed by atoms with Crippen LogP contribution in [0, 0.1) is 0 Å².